The van der Waals surface area contributed by atoms with Gasteiger partial charge in [0.15, 0.2) is 0 Å². The minimum atomic E-state index is -0.482. The number of benzene rings is 1. The van der Waals surface area contributed by atoms with Crippen LogP contribution in [0.3, 0.4) is 0 Å². The van der Waals surface area contributed by atoms with Gasteiger partial charge in [0.05, 0.1) is 27.9 Å². The largest absolute Gasteiger partial charge is 0.378 e. The summed E-state index contributed by atoms with van der Waals surface area (Å²) in [5, 5.41) is 20.5. The second-order valence-electron chi connectivity index (χ2n) is 3.36. The molecule has 0 bridgehead atoms. The summed E-state index contributed by atoms with van der Waals surface area (Å²) in [5.41, 5.74) is 1.52. The van der Waals surface area contributed by atoms with Gasteiger partial charge >= 0.3 is 0 Å². The van der Waals surface area contributed by atoms with Crippen LogP contribution in [-0.2, 0) is 6.54 Å². The first kappa shape index (κ1) is 11.4. The predicted octanol–water partition coefficient (Wildman–Crippen LogP) is 2.58. The number of nitrogens with zero attached hydrogens (tertiary/aromatic N) is 2. The Morgan fingerprint density at radius 3 is 2.88 bits per heavy atom. The maximum absolute atomic E-state index is 10.5. The number of nitro groups is 1. The van der Waals surface area contributed by atoms with Gasteiger partial charge in [-0.15, -0.1) is 0 Å². The van der Waals surface area contributed by atoms with Gasteiger partial charge in [0.1, 0.15) is 0 Å². The molecule has 0 atom stereocenters. The summed E-state index contributed by atoms with van der Waals surface area (Å²) < 4.78 is 0. The molecule has 7 heteroatoms. The van der Waals surface area contributed by atoms with Crippen LogP contribution >= 0.6 is 11.6 Å². The summed E-state index contributed by atoms with van der Waals surface area (Å²) in [6.45, 7) is 0.525. The third-order valence-electron chi connectivity index (χ3n) is 2.19. The highest BCUT2D eigenvalue weighted by Crippen LogP contribution is 2.26. The zero-order chi connectivity index (χ0) is 12.3. The van der Waals surface area contributed by atoms with E-state index in [9.17, 15) is 10.1 Å². The van der Waals surface area contributed by atoms with Crippen LogP contribution < -0.4 is 5.32 Å². The molecule has 0 aliphatic rings. The fraction of sp³-hybridized carbons (Fsp3) is 0.100. The van der Waals surface area contributed by atoms with E-state index in [2.05, 4.69) is 15.5 Å². The number of anilines is 1. The Hall–Kier alpha value is -2.08. The molecule has 0 aliphatic heterocycles. The number of hydrogen-bond acceptors (Lipinski definition) is 4. The summed E-state index contributed by atoms with van der Waals surface area (Å²) in [6, 6.07) is 6.13. The summed E-state index contributed by atoms with van der Waals surface area (Å²) in [6.07, 6.45) is 1.65. The third kappa shape index (κ3) is 2.73. The number of H-pyrrole nitrogens is 1. The highest BCUT2D eigenvalue weighted by molar-refractivity contribution is 6.33. The van der Waals surface area contributed by atoms with Crippen molar-refractivity contribution in [3.8, 4) is 0 Å². The molecule has 0 aliphatic carbocycles. The number of hydrogen-bond donors (Lipinski definition) is 2. The van der Waals surface area contributed by atoms with Crippen molar-refractivity contribution in [1.29, 1.82) is 0 Å². The standard InChI is InChI=1S/C10H9ClN4O2/c11-9-5-8(15(16)17)1-2-10(9)12-6-7-3-4-13-14-7/h1-5,12H,6H2,(H,13,14). The zero-order valence-electron chi connectivity index (χ0n) is 8.68. The van der Waals surface area contributed by atoms with Gasteiger partial charge in [-0.1, -0.05) is 11.6 Å². The molecule has 0 amide bonds. The van der Waals surface area contributed by atoms with E-state index in [1.54, 1.807) is 12.3 Å². The van der Waals surface area contributed by atoms with Crippen molar-refractivity contribution in [2.45, 2.75) is 6.54 Å². The number of non-ortho nitro benzene ring substituents is 1. The van der Waals surface area contributed by atoms with Crippen molar-refractivity contribution in [1.82, 2.24) is 10.2 Å². The lowest BCUT2D eigenvalue weighted by atomic mass is 10.2. The van der Waals surface area contributed by atoms with E-state index in [4.69, 9.17) is 11.6 Å². The molecular weight excluding hydrogens is 244 g/mol. The van der Waals surface area contributed by atoms with Gasteiger partial charge in [-0.2, -0.15) is 5.10 Å². The SMILES string of the molecule is O=[N+]([O-])c1ccc(NCc2ccn[nH]2)c(Cl)c1. The van der Waals surface area contributed by atoms with Gasteiger partial charge in [0.25, 0.3) is 5.69 Å². The number of rotatable bonds is 4. The van der Waals surface area contributed by atoms with E-state index in [0.29, 0.717) is 17.3 Å². The molecule has 17 heavy (non-hydrogen) atoms. The van der Waals surface area contributed by atoms with Gasteiger partial charge in [-0.05, 0) is 12.1 Å². The lowest BCUT2D eigenvalue weighted by Crippen LogP contribution is -2.00. The molecule has 2 rings (SSSR count). The zero-order valence-corrected chi connectivity index (χ0v) is 9.44. The number of aromatic nitrogens is 2. The predicted molar refractivity (Wildman–Crippen MR) is 64.0 cm³/mol. The van der Waals surface area contributed by atoms with E-state index in [-0.39, 0.29) is 5.69 Å². The number of nitro benzene ring substituents is 1. The Kier molecular flexibility index (Phi) is 3.24. The fourth-order valence-electron chi connectivity index (χ4n) is 1.33. The molecule has 1 aromatic carbocycles. The summed E-state index contributed by atoms with van der Waals surface area (Å²) >= 11 is 5.92. The minimum absolute atomic E-state index is 0.0258. The van der Waals surface area contributed by atoms with Gasteiger partial charge in [-0.3, -0.25) is 15.2 Å². The topological polar surface area (TPSA) is 83.8 Å². The quantitative estimate of drug-likeness (QED) is 0.647. The van der Waals surface area contributed by atoms with Gasteiger partial charge in [0.2, 0.25) is 0 Å². The molecule has 2 N–H and O–H groups in total. The van der Waals surface area contributed by atoms with Crippen LogP contribution in [0.5, 0.6) is 0 Å². The average molecular weight is 253 g/mol. The van der Waals surface area contributed by atoms with Crippen molar-refractivity contribution >= 4 is 23.0 Å². The van der Waals surface area contributed by atoms with Crippen LogP contribution in [0.2, 0.25) is 5.02 Å². The van der Waals surface area contributed by atoms with Crippen molar-refractivity contribution in [2.75, 3.05) is 5.32 Å². The van der Waals surface area contributed by atoms with Crippen LogP contribution in [0, 0.1) is 10.1 Å². The molecule has 0 unspecified atom stereocenters. The van der Waals surface area contributed by atoms with Crippen LogP contribution in [0.4, 0.5) is 11.4 Å². The Labute approximate surface area is 102 Å². The van der Waals surface area contributed by atoms with Gasteiger partial charge in [0, 0.05) is 18.3 Å². The van der Waals surface area contributed by atoms with Gasteiger partial charge < -0.3 is 5.32 Å². The van der Waals surface area contributed by atoms with Crippen molar-refractivity contribution in [2.24, 2.45) is 0 Å². The average Bonchev–Trinajstić information content (AvgIpc) is 2.80. The maximum atomic E-state index is 10.5. The van der Waals surface area contributed by atoms with E-state index in [1.165, 1.54) is 12.1 Å². The third-order valence-corrected chi connectivity index (χ3v) is 2.50. The second-order valence-corrected chi connectivity index (χ2v) is 3.76. The number of aromatic amines is 1. The molecule has 1 aromatic heterocycles. The molecule has 0 radical (unpaired) electrons. The molecule has 1 heterocycles. The highest BCUT2D eigenvalue weighted by atomic mass is 35.5. The highest BCUT2D eigenvalue weighted by Gasteiger charge is 2.09. The Morgan fingerprint density at radius 1 is 1.47 bits per heavy atom. The van der Waals surface area contributed by atoms with E-state index in [0.717, 1.165) is 5.69 Å². The Bertz CT molecular complexity index is 527. The van der Waals surface area contributed by atoms with Crippen LogP contribution in [0.15, 0.2) is 30.5 Å². The number of nitrogens with one attached hydrogen (secondary N) is 2. The van der Waals surface area contributed by atoms with Crippen molar-refractivity contribution in [3.05, 3.63) is 51.3 Å². The normalized spacial score (nSPS) is 10.2. The molecule has 0 saturated heterocycles. The van der Waals surface area contributed by atoms with Crippen LogP contribution in [0.25, 0.3) is 0 Å². The second kappa shape index (κ2) is 4.84. The molecule has 0 spiro atoms. The number of halogens is 1. The molecule has 2 aromatic rings. The molecule has 6 nitrogen and oxygen atoms in total. The van der Waals surface area contributed by atoms with Crippen molar-refractivity contribution < 1.29 is 4.92 Å². The first-order valence-corrected chi connectivity index (χ1v) is 5.20. The Morgan fingerprint density at radius 2 is 2.29 bits per heavy atom. The molecule has 0 saturated carbocycles. The first-order valence-electron chi connectivity index (χ1n) is 4.83. The van der Waals surface area contributed by atoms with Crippen LogP contribution in [0.1, 0.15) is 5.69 Å². The van der Waals surface area contributed by atoms with Crippen molar-refractivity contribution in [3.63, 3.8) is 0 Å². The Balaban J connectivity index is 2.09. The lowest BCUT2D eigenvalue weighted by Gasteiger charge is -2.06. The smallest absolute Gasteiger partial charge is 0.271 e. The molecule has 0 fully saturated rings. The monoisotopic (exact) mass is 252 g/mol. The molecular formula is C10H9ClN4O2. The van der Waals surface area contributed by atoms with Gasteiger partial charge in [-0.25, -0.2) is 0 Å². The van der Waals surface area contributed by atoms with E-state index >= 15 is 0 Å². The molecule has 88 valence electrons. The first-order chi connectivity index (χ1) is 8.16. The fourth-order valence-corrected chi connectivity index (χ4v) is 1.58. The van der Waals surface area contributed by atoms with E-state index < -0.39 is 4.92 Å². The summed E-state index contributed by atoms with van der Waals surface area (Å²) in [4.78, 5) is 10.0. The minimum Gasteiger partial charge on any atom is -0.378 e. The lowest BCUT2D eigenvalue weighted by molar-refractivity contribution is -0.384. The summed E-state index contributed by atoms with van der Waals surface area (Å²) in [5.74, 6) is 0. The maximum Gasteiger partial charge on any atom is 0.271 e. The summed E-state index contributed by atoms with van der Waals surface area (Å²) in [7, 11) is 0. The van der Waals surface area contributed by atoms with E-state index in [1.807, 2.05) is 6.07 Å². The van der Waals surface area contributed by atoms with Crippen LogP contribution in [-0.4, -0.2) is 15.1 Å².